The molecule has 23 heavy (non-hydrogen) atoms. The Labute approximate surface area is 140 Å². The molecule has 1 aliphatic rings. The van der Waals surface area contributed by atoms with Crippen LogP contribution in [0.15, 0.2) is 35.8 Å². The van der Waals surface area contributed by atoms with E-state index in [9.17, 15) is 4.79 Å². The maximum absolute atomic E-state index is 12.5. The van der Waals surface area contributed by atoms with Gasteiger partial charge in [-0.05, 0) is 25.5 Å². The molecule has 1 atom stereocenters. The summed E-state index contributed by atoms with van der Waals surface area (Å²) in [6.45, 7) is 7.56. The second kappa shape index (κ2) is 7.10. The number of nitrogens with zero attached hydrogens (tertiary/aromatic N) is 3. The predicted molar refractivity (Wildman–Crippen MR) is 95.2 cm³/mol. The Morgan fingerprint density at radius 1 is 1.26 bits per heavy atom. The number of hydrogen-bond acceptors (Lipinski definition) is 5. The first-order valence-corrected chi connectivity index (χ1v) is 8.78. The number of carbonyl (C=O) groups excluding carboxylic acids is 1. The van der Waals surface area contributed by atoms with Crippen LogP contribution in [0.1, 0.15) is 12.5 Å². The summed E-state index contributed by atoms with van der Waals surface area (Å²) in [5.74, 6) is 0.0574. The fourth-order valence-electron chi connectivity index (χ4n) is 2.79. The van der Waals surface area contributed by atoms with Gasteiger partial charge in [-0.1, -0.05) is 18.2 Å². The maximum atomic E-state index is 12.5. The topological polar surface area (TPSA) is 48.5 Å². The molecule has 1 N–H and O–H groups in total. The summed E-state index contributed by atoms with van der Waals surface area (Å²) >= 11 is 1.67. The van der Waals surface area contributed by atoms with Crippen LogP contribution in [0, 0.1) is 6.92 Å². The molecule has 1 saturated heterocycles. The summed E-state index contributed by atoms with van der Waals surface area (Å²) in [7, 11) is 0. The number of anilines is 2. The van der Waals surface area contributed by atoms with E-state index in [1.807, 2.05) is 49.7 Å². The van der Waals surface area contributed by atoms with Crippen LogP contribution in [-0.4, -0.2) is 48.0 Å². The first kappa shape index (κ1) is 16.0. The number of thiazole rings is 1. The van der Waals surface area contributed by atoms with Crippen LogP contribution in [0.2, 0.25) is 0 Å². The number of amides is 1. The number of carbonyl (C=O) groups is 1. The van der Waals surface area contributed by atoms with E-state index in [2.05, 4.69) is 20.1 Å². The highest BCUT2D eigenvalue weighted by Gasteiger charge is 2.26. The molecule has 1 aromatic heterocycles. The highest BCUT2D eigenvalue weighted by atomic mass is 32.1. The Kier molecular flexibility index (Phi) is 4.93. The van der Waals surface area contributed by atoms with E-state index in [0.29, 0.717) is 0 Å². The minimum atomic E-state index is -0.131. The lowest BCUT2D eigenvalue weighted by molar-refractivity contribution is -0.120. The zero-order valence-electron chi connectivity index (χ0n) is 13.5. The van der Waals surface area contributed by atoms with Crippen molar-refractivity contribution in [1.29, 1.82) is 0 Å². The zero-order chi connectivity index (χ0) is 16.2. The zero-order valence-corrected chi connectivity index (χ0v) is 14.3. The molecule has 1 aromatic carbocycles. The average molecular weight is 330 g/mol. The molecule has 122 valence electrons. The molecule has 0 aliphatic carbocycles. The van der Waals surface area contributed by atoms with Crippen LogP contribution >= 0.6 is 11.3 Å². The van der Waals surface area contributed by atoms with E-state index in [0.717, 1.165) is 42.6 Å². The van der Waals surface area contributed by atoms with Crippen molar-refractivity contribution in [2.24, 2.45) is 0 Å². The van der Waals surface area contributed by atoms with E-state index in [1.165, 1.54) is 0 Å². The Morgan fingerprint density at radius 2 is 2.00 bits per heavy atom. The number of para-hydroxylation sites is 1. The molecular weight excluding hydrogens is 308 g/mol. The van der Waals surface area contributed by atoms with Crippen LogP contribution in [0.4, 0.5) is 10.8 Å². The molecule has 0 saturated carbocycles. The van der Waals surface area contributed by atoms with Gasteiger partial charge in [0, 0.05) is 43.4 Å². The number of rotatable bonds is 4. The van der Waals surface area contributed by atoms with Crippen molar-refractivity contribution >= 4 is 28.1 Å². The Hall–Kier alpha value is -1.92. The SMILES string of the molecule is Cc1ccccc1NC(=O)C(C)N1CCN(c2nccs2)CC1. The third kappa shape index (κ3) is 3.71. The van der Waals surface area contributed by atoms with Gasteiger partial charge in [0.05, 0.1) is 6.04 Å². The normalized spacial score (nSPS) is 17.0. The van der Waals surface area contributed by atoms with Gasteiger partial charge in [-0.2, -0.15) is 0 Å². The fourth-order valence-corrected chi connectivity index (χ4v) is 3.49. The van der Waals surface area contributed by atoms with Crippen molar-refractivity contribution in [3.8, 4) is 0 Å². The first-order valence-electron chi connectivity index (χ1n) is 7.90. The predicted octanol–water partition coefficient (Wildman–Crippen LogP) is 2.60. The lowest BCUT2D eigenvalue weighted by atomic mass is 10.1. The maximum Gasteiger partial charge on any atom is 0.241 e. The third-order valence-electron chi connectivity index (χ3n) is 4.33. The van der Waals surface area contributed by atoms with E-state index in [4.69, 9.17) is 0 Å². The summed E-state index contributed by atoms with van der Waals surface area (Å²) in [6, 6.07) is 7.74. The molecule has 5 nitrogen and oxygen atoms in total. The molecule has 3 rings (SSSR count). The van der Waals surface area contributed by atoms with Gasteiger partial charge >= 0.3 is 0 Å². The number of aromatic nitrogens is 1. The van der Waals surface area contributed by atoms with Gasteiger partial charge in [0.15, 0.2) is 5.13 Å². The number of hydrogen-bond donors (Lipinski definition) is 1. The molecule has 1 unspecified atom stereocenters. The fraction of sp³-hybridized carbons (Fsp3) is 0.412. The molecule has 2 heterocycles. The summed E-state index contributed by atoms with van der Waals surface area (Å²) in [5.41, 5.74) is 1.98. The molecule has 1 amide bonds. The average Bonchev–Trinajstić information content (AvgIpc) is 3.11. The van der Waals surface area contributed by atoms with Gasteiger partial charge < -0.3 is 10.2 Å². The summed E-state index contributed by atoms with van der Waals surface area (Å²) in [5, 5.41) is 6.11. The molecule has 1 aliphatic heterocycles. The van der Waals surface area contributed by atoms with Gasteiger partial charge in [-0.3, -0.25) is 9.69 Å². The summed E-state index contributed by atoms with van der Waals surface area (Å²) in [6.07, 6.45) is 1.84. The highest BCUT2D eigenvalue weighted by molar-refractivity contribution is 7.13. The number of benzene rings is 1. The van der Waals surface area contributed by atoms with Crippen molar-refractivity contribution < 1.29 is 4.79 Å². The van der Waals surface area contributed by atoms with Crippen molar-refractivity contribution in [2.45, 2.75) is 19.9 Å². The minimum Gasteiger partial charge on any atom is -0.346 e. The standard InChI is InChI=1S/C17H22N4OS/c1-13-5-3-4-6-15(13)19-16(22)14(2)20-8-10-21(11-9-20)17-18-7-12-23-17/h3-7,12,14H,8-11H2,1-2H3,(H,19,22). The van der Waals surface area contributed by atoms with Gasteiger partial charge in [0.1, 0.15) is 0 Å². The lowest BCUT2D eigenvalue weighted by Crippen LogP contribution is -2.52. The number of nitrogens with one attached hydrogen (secondary N) is 1. The monoisotopic (exact) mass is 330 g/mol. The van der Waals surface area contributed by atoms with Crippen LogP contribution in [0.3, 0.4) is 0 Å². The second-order valence-electron chi connectivity index (χ2n) is 5.82. The molecule has 0 spiro atoms. The van der Waals surface area contributed by atoms with Gasteiger partial charge in [-0.25, -0.2) is 4.98 Å². The summed E-state index contributed by atoms with van der Waals surface area (Å²) in [4.78, 5) is 21.4. The van der Waals surface area contributed by atoms with Crippen molar-refractivity contribution in [3.05, 3.63) is 41.4 Å². The minimum absolute atomic E-state index is 0.0574. The van der Waals surface area contributed by atoms with E-state index < -0.39 is 0 Å². The van der Waals surface area contributed by atoms with Crippen LogP contribution in [0.5, 0.6) is 0 Å². The van der Waals surface area contributed by atoms with E-state index in [1.54, 1.807) is 11.3 Å². The smallest absolute Gasteiger partial charge is 0.241 e. The molecule has 0 radical (unpaired) electrons. The summed E-state index contributed by atoms with van der Waals surface area (Å²) < 4.78 is 0. The van der Waals surface area contributed by atoms with Crippen molar-refractivity contribution in [3.63, 3.8) is 0 Å². The quantitative estimate of drug-likeness (QED) is 0.936. The van der Waals surface area contributed by atoms with Gasteiger partial charge in [0.25, 0.3) is 0 Å². The Bertz CT molecular complexity index is 650. The Balaban J connectivity index is 1.55. The largest absolute Gasteiger partial charge is 0.346 e. The Morgan fingerprint density at radius 3 is 2.65 bits per heavy atom. The third-order valence-corrected chi connectivity index (χ3v) is 5.17. The second-order valence-corrected chi connectivity index (χ2v) is 6.69. The van der Waals surface area contributed by atoms with Crippen molar-refractivity contribution in [2.75, 3.05) is 36.4 Å². The van der Waals surface area contributed by atoms with Gasteiger partial charge in [-0.15, -0.1) is 11.3 Å². The van der Waals surface area contributed by atoms with E-state index in [-0.39, 0.29) is 11.9 Å². The van der Waals surface area contributed by atoms with Crippen LogP contribution in [-0.2, 0) is 4.79 Å². The molecule has 0 bridgehead atoms. The van der Waals surface area contributed by atoms with E-state index >= 15 is 0 Å². The molecule has 6 heteroatoms. The van der Waals surface area contributed by atoms with Crippen LogP contribution in [0.25, 0.3) is 0 Å². The number of aryl methyl sites for hydroxylation is 1. The lowest BCUT2D eigenvalue weighted by Gasteiger charge is -2.37. The molecule has 1 fully saturated rings. The van der Waals surface area contributed by atoms with Crippen molar-refractivity contribution in [1.82, 2.24) is 9.88 Å². The van der Waals surface area contributed by atoms with Crippen LogP contribution < -0.4 is 10.2 Å². The number of piperazine rings is 1. The van der Waals surface area contributed by atoms with Gasteiger partial charge in [0.2, 0.25) is 5.91 Å². The molecule has 2 aromatic rings. The highest BCUT2D eigenvalue weighted by Crippen LogP contribution is 2.20. The first-order chi connectivity index (χ1) is 11.1. The molecular formula is C17H22N4OS.